The fraction of sp³-hybridized carbons (Fsp3) is 0.321. The first-order valence-electron chi connectivity index (χ1n) is 11.5. The van der Waals surface area contributed by atoms with Crippen LogP contribution in [0.5, 0.6) is 0 Å². The lowest BCUT2D eigenvalue weighted by molar-refractivity contribution is -0.655. The summed E-state index contributed by atoms with van der Waals surface area (Å²) in [6, 6.07) is 22.7. The third kappa shape index (κ3) is 4.95. The van der Waals surface area contributed by atoms with Gasteiger partial charge >= 0.3 is 0 Å². The van der Waals surface area contributed by atoms with Crippen molar-refractivity contribution in [2.24, 2.45) is 16.9 Å². The average molecular weight is 445 g/mol. The molecule has 0 radical (unpaired) electrons. The number of fused-ring (bicyclic) bond motifs is 3. The van der Waals surface area contributed by atoms with E-state index in [4.69, 9.17) is 22.9 Å². The van der Waals surface area contributed by atoms with Gasteiger partial charge in [0.1, 0.15) is 6.54 Å². The number of hydrogen-bond donors (Lipinski definition) is 4. The lowest BCUT2D eigenvalue weighted by atomic mass is 9.76. The van der Waals surface area contributed by atoms with Crippen molar-refractivity contribution in [2.75, 3.05) is 18.0 Å². The molecular formula is C28H38N5+. The van der Waals surface area contributed by atoms with Gasteiger partial charge in [-0.15, -0.1) is 0 Å². The number of pyridine rings is 1. The lowest BCUT2D eigenvalue weighted by Crippen LogP contribution is -2.54. The molecular weight excluding hydrogens is 406 g/mol. The van der Waals surface area contributed by atoms with Gasteiger partial charge in [0.2, 0.25) is 11.2 Å². The Morgan fingerprint density at radius 3 is 1.85 bits per heavy atom. The molecule has 1 heterocycles. The van der Waals surface area contributed by atoms with E-state index >= 15 is 0 Å². The molecule has 5 heteroatoms. The molecule has 0 aliphatic carbocycles. The second-order valence-electron chi connectivity index (χ2n) is 9.91. The second kappa shape index (κ2) is 9.38. The minimum absolute atomic E-state index is 0.0990. The zero-order chi connectivity index (χ0) is 24.4. The first kappa shape index (κ1) is 24.5. The number of benzene rings is 3. The first-order valence-corrected chi connectivity index (χ1v) is 11.5. The van der Waals surface area contributed by atoms with Gasteiger partial charge in [-0.3, -0.25) is 0 Å². The molecule has 0 bridgehead atoms. The third-order valence-electron chi connectivity index (χ3n) is 6.67. The number of nitrogens with two attached hydrogens (primary N) is 4. The maximum atomic E-state index is 6.10. The SMILES string of the molecule is CC(C)(C)C(C)(N)CN.CC[n+]1c(-c2ccccc2)c2cc(N)ccc2c2ccc(N)cc21. The van der Waals surface area contributed by atoms with Crippen LogP contribution in [0, 0.1) is 5.41 Å². The fourth-order valence-electron chi connectivity index (χ4n) is 3.80. The summed E-state index contributed by atoms with van der Waals surface area (Å²) in [5.41, 5.74) is 28.4. The molecule has 1 aromatic heterocycles. The van der Waals surface area contributed by atoms with Crippen molar-refractivity contribution in [3.05, 3.63) is 66.7 Å². The summed E-state index contributed by atoms with van der Waals surface area (Å²) >= 11 is 0. The summed E-state index contributed by atoms with van der Waals surface area (Å²) in [7, 11) is 0. The van der Waals surface area contributed by atoms with Crippen molar-refractivity contribution in [3.63, 3.8) is 0 Å². The highest BCUT2D eigenvalue weighted by atomic mass is 15.0. The standard InChI is InChI=1S/C21H19N3.C7H18N2/c1-2-24-20-13-16(23)9-11-18(20)17-10-8-15(22)12-19(17)21(24)14-6-4-3-5-7-14;1-6(2,3)7(4,9)5-8/h3-13,23H,2,22H2,1H3;5,8-9H2,1-4H3/p+1. The Morgan fingerprint density at radius 2 is 1.33 bits per heavy atom. The Hall–Kier alpha value is -3.15. The fourth-order valence-corrected chi connectivity index (χ4v) is 3.80. The lowest BCUT2D eigenvalue weighted by Gasteiger charge is -2.37. The molecule has 0 saturated carbocycles. The highest BCUT2D eigenvalue weighted by Gasteiger charge is 2.31. The monoisotopic (exact) mass is 444 g/mol. The maximum absolute atomic E-state index is 6.10. The van der Waals surface area contributed by atoms with Crippen molar-refractivity contribution < 1.29 is 4.57 Å². The van der Waals surface area contributed by atoms with E-state index in [0.29, 0.717) is 6.54 Å². The van der Waals surface area contributed by atoms with Crippen LogP contribution in [0.2, 0.25) is 0 Å². The van der Waals surface area contributed by atoms with E-state index in [0.717, 1.165) is 23.4 Å². The van der Waals surface area contributed by atoms with Gasteiger partial charge < -0.3 is 22.9 Å². The summed E-state index contributed by atoms with van der Waals surface area (Å²) in [4.78, 5) is 0. The van der Waals surface area contributed by atoms with Crippen molar-refractivity contribution in [3.8, 4) is 11.3 Å². The quantitative estimate of drug-likeness (QED) is 0.206. The van der Waals surface area contributed by atoms with Crippen molar-refractivity contribution in [2.45, 2.75) is 46.7 Å². The molecule has 3 aromatic carbocycles. The predicted molar refractivity (Wildman–Crippen MR) is 143 cm³/mol. The first-order chi connectivity index (χ1) is 15.5. The van der Waals surface area contributed by atoms with Gasteiger partial charge in [-0.25, -0.2) is 0 Å². The second-order valence-corrected chi connectivity index (χ2v) is 9.91. The minimum Gasteiger partial charge on any atom is -0.399 e. The van der Waals surface area contributed by atoms with Crippen molar-refractivity contribution in [1.82, 2.24) is 0 Å². The number of nitrogens with zero attached hydrogens (tertiary/aromatic N) is 1. The smallest absolute Gasteiger partial charge is 0.220 e. The van der Waals surface area contributed by atoms with E-state index < -0.39 is 0 Å². The zero-order valence-corrected chi connectivity index (χ0v) is 20.5. The van der Waals surface area contributed by atoms with Crippen molar-refractivity contribution in [1.29, 1.82) is 0 Å². The highest BCUT2D eigenvalue weighted by Crippen LogP contribution is 2.33. The number of aromatic nitrogens is 1. The Balaban J connectivity index is 0.000000292. The molecule has 4 rings (SSSR count). The molecule has 0 spiro atoms. The Bertz CT molecular complexity index is 1250. The predicted octanol–water partition coefficient (Wildman–Crippen LogP) is 4.84. The van der Waals surface area contributed by atoms with E-state index in [-0.39, 0.29) is 11.0 Å². The number of nitrogen functional groups attached to an aromatic ring is 2. The number of aryl methyl sites for hydroxylation is 1. The van der Waals surface area contributed by atoms with E-state index in [1.54, 1.807) is 0 Å². The normalized spacial score (nSPS) is 13.4. The molecule has 4 aromatic rings. The van der Waals surface area contributed by atoms with Gasteiger partial charge in [-0.1, -0.05) is 45.0 Å². The molecule has 0 aliphatic rings. The Kier molecular flexibility index (Phi) is 6.96. The molecule has 1 unspecified atom stereocenters. The summed E-state index contributed by atoms with van der Waals surface area (Å²) < 4.78 is 2.32. The Labute approximate surface area is 197 Å². The summed E-state index contributed by atoms with van der Waals surface area (Å²) in [5, 5.41) is 3.56. The topological polar surface area (TPSA) is 108 Å². The number of hydrogen-bond acceptors (Lipinski definition) is 4. The average Bonchev–Trinajstić information content (AvgIpc) is 2.78. The van der Waals surface area contributed by atoms with Crippen LogP contribution in [0.1, 0.15) is 34.6 Å². The van der Waals surface area contributed by atoms with Gasteiger partial charge in [0, 0.05) is 40.5 Å². The summed E-state index contributed by atoms with van der Waals surface area (Å²) in [5.74, 6) is 0. The van der Waals surface area contributed by atoms with E-state index in [1.807, 2.05) is 25.1 Å². The van der Waals surface area contributed by atoms with E-state index in [1.165, 1.54) is 27.4 Å². The van der Waals surface area contributed by atoms with Crippen LogP contribution in [0.4, 0.5) is 11.4 Å². The molecule has 5 nitrogen and oxygen atoms in total. The minimum atomic E-state index is -0.243. The van der Waals surface area contributed by atoms with Crippen LogP contribution < -0.4 is 27.5 Å². The highest BCUT2D eigenvalue weighted by molar-refractivity contribution is 6.10. The number of anilines is 2. The molecule has 33 heavy (non-hydrogen) atoms. The van der Waals surface area contributed by atoms with Gasteiger partial charge in [-0.05, 0) is 55.7 Å². The van der Waals surface area contributed by atoms with E-state index in [9.17, 15) is 0 Å². The summed E-state index contributed by atoms with van der Waals surface area (Å²) in [6.07, 6.45) is 0. The Morgan fingerprint density at radius 1 is 0.758 bits per heavy atom. The van der Waals surface area contributed by atoms with Gasteiger partial charge in [0.25, 0.3) is 0 Å². The van der Waals surface area contributed by atoms with Crippen LogP contribution >= 0.6 is 0 Å². The molecule has 1 atom stereocenters. The summed E-state index contributed by atoms with van der Waals surface area (Å²) in [6.45, 7) is 11.8. The number of rotatable bonds is 3. The molecule has 0 fully saturated rings. The molecule has 0 saturated heterocycles. The zero-order valence-electron chi connectivity index (χ0n) is 20.5. The third-order valence-corrected chi connectivity index (χ3v) is 6.67. The van der Waals surface area contributed by atoms with Gasteiger partial charge in [0.05, 0.1) is 10.8 Å². The maximum Gasteiger partial charge on any atom is 0.220 e. The van der Waals surface area contributed by atoms with Gasteiger partial charge in [-0.2, -0.15) is 4.57 Å². The largest absolute Gasteiger partial charge is 0.399 e. The van der Waals surface area contributed by atoms with E-state index in [2.05, 4.69) is 80.8 Å². The van der Waals surface area contributed by atoms with Crippen LogP contribution in [-0.2, 0) is 6.54 Å². The van der Waals surface area contributed by atoms with Crippen LogP contribution in [0.3, 0.4) is 0 Å². The van der Waals surface area contributed by atoms with Crippen LogP contribution in [0.25, 0.3) is 32.9 Å². The van der Waals surface area contributed by atoms with Crippen molar-refractivity contribution >= 4 is 33.1 Å². The van der Waals surface area contributed by atoms with Gasteiger partial charge in [0.15, 0.2) is 0 Å². The molecule has 0 aliphatic heterocycles. The molecule has 8 N–H and O–H groups in total. The van der Waals surface area contributed by atoms with Crippen LogP contribution in [-0.4, -0.2) is 12.1 Å². The molecule has 174 valence electrons. The van der Waals surface area contributed by atoms with Crippen LogP contribution in [0.15, 0.2) is 66.7 Å². The molecule has 0 amide bonds.